The van der Waals surface area contributed by atoms with Crippen molar-refractivity contribution >= 4 is 21.7 Å². The van der Waals surface area contributed by atoms with Gasteiger partial charge in [0, 0.05) is 17.1 Å². The van der Waals surface area contributed by atoms with Crippen molar-refractivity contribution in [2.75, 3.05) is 11.9 Å². The van der Waals surface area contributed by atoms with Gasteiger partial charge in [0.15, 0.2) is 0 Å². The van der Waals surface area contributed by atoms with Crippen molar-refractivity contribution < 1.29 is 4.74 Å². The maximum atomic E-state index is 5.88. The fraction of sp³-hybridized carbons (Fsp3) is 0.375. The minimum absolute atomic E-state index is 0.558. The molecule has 0 atom stereocenters. The third-order valence-corrected chi connectivity index (χ3v) is 4.25. The Balaban J connectivity index is 2.24. The van der Waals surface area contributed by atoms with Crippen LogP contribution in [-0.2, 0) is 0 Å². The highest BCUT2D eigenvalue weighted by atomic mass is 79.9. The molecule has 0 aliphatic heterocycles. The summed E-state index contributed by atoms with van der Waals surface area (Å²) in [5.41, 5.74) is 2.28. The zero-order valence-electron chi connectivity index (χ0n) is 12.8. The van der Waals surface area contributed by atoms with E-state index in [1.807, 2.05) is 39.0 Å². The Bertz CT molecular complexity index is 620. The molecule has 1 heterocycles. The highest BCUT2D eigenvalue weighted by Gasteiger charge is 2.07. The largest absolute Gasteiger partial charge is 0.439 e. The average molecular weight is 350 g/mol. The second-order valence-electron chi connectivity index (χ2n) is 5.04. The molecular weight excluding hydrogens is 330 g/mol. The number of hydrogen-bond acceptors (Lipinski definition) is 4. The van der Waals surface area contributed by atoms with Crippen LogP contribution in [-0.4, -0.2) is 16.5 Å². The first kappa shape index (κ1) is 15.8. The SMILES string of the molecule is CCCNc1cc(Oc2cc(C)c(Br)c(C)c2)nc(C)n1. The normalized spacial score (nSPS) is 10.5. The third-order valence-electron chi connectivity index (χ3n) is 3.00. The van der Waals surface area contributed by atoms with Crippen molar-refractivity contribution in [1.29, 1.82) is 0 Å². The van der Waals surface area contributed by atoms with Gasteiger partial charge in [0.1, 0.15) is 17.4 Å². The van der Waals surface area contributed by atoms with E-state index in [9.17, 15) is 0 Å². The van der Waals surface area contributed by atoms with E-state index in [1.54, 1.807) is 0 Å². The van der Waals surface area contributed by atoms with Crippen LogP contribution in [0, 0.1) is 20.8 Å². The van der Waals surface area contributed by atoms with Crippen molar-refractivity contribution in [1.82, 2.24) is 9.97 Å². The number of rotatable bonds is 5. The van der Waals surface area contributed by atoms with Gasteiger partial charge in [-0.1, -0.05) is 22.9 Å². The van der Waals surface area contributed by atoms with Gasteiger partial charge in [-0.15, -0.1) is 0 Å². The van der Waals surface area contributed by atoms with E-state index in [-0.39, 0.29) is 0 Å². The zero-order valence-corrected chi connectivity index (χ0v) is 14.4. The molecule has 4 nitrogen and oxygen atoms in total. The number of aromatic nitrogens is 2. The number of ether oxygens (including phenoxy) is 1. The second-order valence-corrected chi connectivity index (χ2v) is 5.83. The molecule has 0 radical (unpaired) electrons. The number of halogens is 1. The number of aryl methyl sites for hydroxylation is 3. The molecule has 0 saturated heterocycles. The maximum absolute atomic E-state index is 5.88. The highest BCUT2D eigenvalue weighted by molar-refractivity contribution is 9.10. The second kappa shape index (κ2) is 6.89. The molecule has 2 rings (SSSR count). The van der Waals surface area contributed by atoms with Crippen LogP contribution in [0.4, 0.5) is 5.82 Å². The van der Waals surface area contributed by atoms with Crippen molar-refractivity contribution in [2.45, 2.75) is 34.1 Å². The summed E-state index contributed by atoms with van der Waals surface area (Å²) in [6.45, 7) is 8.95. The summed E-state index contributed by atoms with van der Waals surface area (Å²) in [6.07, 6.45) is 1.05. The van der Waals surface area contributed by atoms with Gasteiger partial charge in [0.2, 0.25) is 5.88 Å². The van der Waals surface area contributed by atoms with Gasteiger partial charge in [0.25, 0.3) is 0 Å². The Kier molecular flexibility index (Phi) is 5.17. The molecule has 0 amide bonds. The monoisotopic (exact) mass is 349 g/mol. The van der Waals surface area contributed by atoms with Gasteiger partial charge < -0.3 is 10.1 Å². The van der Waals surface area contributed by atoms with Crippen LogP contribution in [0.5, 0.6) is 11.6 Å². The number of anilines is 1. The lowest BCUT2D eigenvalue weighted by molar-refractivity contribution is 0.459. The van der Waals surface area contributed by atoms with E-state index >= 15 is 0 Å². The van der Waals surface area contributed by atoms with E-state index < -0.39 is 0 Å². The predicted molar refractivity (Wildman–Crippen MR) is 89.2 cm³/mol. The van der Waals surface area contributed by atoms with E-state index in [0.29, 0.717) is 11.7 Å². The highest BCUT2D eigenvalue weighted by Crippen LogP contribution is 2.29. The topological polar surface area (TPSA) is 47.0 Å². The molecular formula is C16H20BrN3O. The number of benzene rings is 1. The first-order valence-corrected chi connectivity index (χ1v) is 7.83. The molecule has 0 unspecified atom stereocenters. The first-order valence-electron chi connectivity index (χ1n) is 7.03. The molecule has 0 saturated carbocycles. The number of nitrogens with one attached hydrogen (secondary N) is 1. The summed E-state index contributed by atoms with van der Waals surface area (Å²) >= 11 is 3.56. The lowest BCUT2D eigenvalue weighted by atomic mass is 10.1. The summed E-state index contributed by atoms with van der Waals surface area (Å²) < 4.78 is 6.99. The summed E-state index contributed by atoms with van der Waals surface area (Å²) in [6, 6.07) is 5.82. The van der Waals surface area contributed by atoms with Gasteiger partial charge >= 0.3 is 0 Å². The van der Waals surface area contributed by atoms with Crippen LogP contribution in [0.25, 0.3) is 0 Å². The van der Waals surface area contributed by atoms with Crippen molar-refractivity contribution in [3.8, 4) is 11.6 Å². The molecule has 21 heavy (non-hydrogen) atoms. The molecule has 2 aromatic rings. The van der Waals surface area contributed by atoms with E-state index in [2.05, 4.69) is 38.1 Å². The summed E-state index contributed by atoms with van der Waals surface area (Å²) in [5, 5.41) is 3.25. The minimum atomic E-state index is 0.558. The lowest BCUT2D eigenvalue weighted by Gasteiger charge is -2.11. The molecule has 0 aliphatic rings. The van der Waals surface area contributed by atoms with Crippen LogP contribution in [0.2, 0.25) is 0 Å². The first-order chi connectivity index (χ1) is 9.99. The Morgan fingerprint density at radius 2 is 1.76 bits per heavy atom. The molecule has 1 N–H and O–H groups in total. The zero-order chi connectivity index (χ0) is 15.4. The summed E-state index contributed by atoms with van der Waals surface area (Å²) in [4.78, 5) is 8.69. The van der Waals surface area contributed by atoms with Crippen LogP contribution in [0.15, 0.2) is 22.7 Å². The molecule has 112 valence electrons. The maximum Gasteiger partial charge on any atom is 0.224 e. The number of hydrogen-bond donors (Lipinski definition) is 1. The molecule has 0 spiro atoms. The predicted octanol–water partition coefficient (Wildman–Crippen LogP) is 4.78. The van der Waals surface area contributed by atoms with Crippen molar-refractivity contribution in [3.63, 3.8) is 0 Å². The van der Waals surface area contributed by atoms with Crippen LogP contribution in [0.1, 0.15) is 30.3 Å². The molecule has 0 fully saturated rings. The van der Waals surface area contributed by atoms with Crippen LogP contribution < -0.4 is 10.1 Å². The van der Waals surface area contributed by atoms with Crippen molar-refractivity contribution in [3.05, 3.63) is 39.6 Å². The van der Waals surface area contributed by atoms with Gasteiger partial charge in [-0.3, -0.25) is 0 Å². The Hall–Kier alpha value is -1.62. The average Bonchev–Trinajstić information content (AvgIpc) is 2.42. The molecule has 0 bridgehead atoms. The standard InChI is InChI=1S/C16H20BrN3O/c1-5-6-18-14-9-15(20-12(4)19-14)21-13-7-10(2)16(17)11(3)8-13/h7-9H,5-6H2,1-4H3,(H,18,19,20). The molecule has 0 aliphatic carbocycles. The number of nitrogens with zero attached hydrogens (tertiary/aromatic N) is 2. The molecule has 1 aromatic heterocycles. The Morgan fingerprint density at radius 1 is 1.10 bits per heavy atom. The summed E-state index contributed by atoms with van der Waals surface area (Å²) in [7, 11) is 0. The van der Waals surface area contributed by atoms with Gasteiger partial charge in [-0.05, 0) is 50.5 Å². The Labute approximate surface area is 134 Å². The lowest BCUT2D eigenvalue weighted by Crippen LogP contribution is -2.04. The van der Waals surface area contributed by atoms with Crippen LogP contribution >= 0.6 is 15.9 Å². The molecule has 5 heteroatoms. The van der Waals surface area contributed by atoms with Crippen molar-refractivity contribution in [2.24, 2.45) is 0 Å². The van der Waals surface area contributed by atoms with Gasteiger partial charge in [-0.25, -0.2) is 4.98 Å². The Morgan fingerprint density at radius 3 is 2.38 bits per heavy atom. The smallest absolute Gasteiger partial charge is 0.224 e. The van der Waals surface area contributed by atoms with Crippen LogP contribution in [0.3, 0.4) is 0 Å². The third kappa shape index (κ3) is 4.17. The minimum Gasteiger partial charge on any atom is -0.439 e. The summed E-state index contributed by atoms with van der Waals surface area (Å²) in [5.74, 6) is 2.83. The van der Waals surface area contributed by atoms with Gasteiger partial charge in [0.05, 0.1) is 0 Å². The fourth-order valence-electron chi connectivity index (χ4n) is 2.02. The van der Waals surface area contributed by atoms with Gasteiger partial charge in [-0.2, -0.15) is 4.98 Å². The molecule has 1 aromatic carbocycles. The van der Waals surface area contributed by atoms with E-state index in [4.69, 9.17) is 4.74 Å². The van der Waals surface area contributed by atoms with E-state index in [1.165, 1.54) is 0 Å². The quantitative estimate of drug-likeness (QED) is 0.843. The van der Waals surface area contributed by atoms with E-state index in [0.717, 1.165) is 40.1 Å². The fourth-order valence-corrected chi connectivity index (χ4v) is 2.25.